The van der Waals surface area contributed by atoms with E-state index in [1.807, 2.05) is 6.92 Å². The lowest BCUT2D eigenvalue weighted by Crippen LogP contribution is -2.29. The van der Waals surface area contributed by atoms with E-state index in [1.54, 1.807) is 6.34 Å². The van der Waals surface area contributed by atoms with Crippen molar-refractivity contribution in [1.29, 1.82) is 0 Å². The van der Waals surface area contributed by atoms with Gasteiger partial charge in [0.05, 0.1) is 6.04 Å². The first kappa shape index (κ1) is 13.9. The predicted octanol–water partition coefficient (Wildman–Crippen LogP) is 1.72. The van der Waals surface area contributed by atoms with Crippen molar-refractivity contribution in [2.24, 2.45) is 21.6 Å². The molecule has 17 heavy (non-hydrogen) atoms. The summed E-state index contributed by atoms with van der Waals surface area (Å²) in [5.74, 6) is 1.09. The maximum absolute atomic E-state index is 5.81. The molecule has 0 aromatic rings. The molecule has 3 N–H and O–H groups in total. The minimum Gasteiger partial charge on any atom is -0.383 e. The first-order valence-corrected chi connectivity index (χ1v) is 6.28. The second-order valence-corrected chi connectivity index (χ2v) is 4.99. The van der Waals surface area contributed by atoms with Crippen LogP contribution in [0.2, 0.25) is 0 Å². The van der Waals surface area contributed by atoms with Crippen LogP contribution in [0.15, 0.2) is 22.1 Å². The van der Waals surface area contributed by atoms with Crippen molar-refractivity contribution in [3.8, 4) is 0 Å². The largest absolute Gasteiger partial charge is 0.383 e. The fraction of sp³-hybridized carbons (Fsp3) is 0.692. The van der Waals surface area contributed by atoms with Crippen LogP contribution in [-0.4, -0.2) is 30.8 Å². The number of hydrogen-bond acceptors (Lipinski definition) is 2. The molecule has 0 spiro atoms. The first-order valence-electron chi connectivity index (χ1n) is 6.28. The third kappa shape index (κ3) is 5.63. The Bertz CT molecular complexity index is 313. The van der Waals surface area contributed by atoms with Crippen molar-refractivity contribution >= 4 is 12.2 Å². The standard InChI is InChI=1S/C13H24N4/c1-9(2)15-7-10(3)16-8-17-13(14)11(4)12-5-6-12/h8-10,12,15H,4-7H2,1-3H3,(H2,14,16,17)/t10-/m1/s1. The number of nitrogens with one attached hydrogen (secondary N) is 1. The molecule has 1 aliphatic rings. The van der Waals surface area contributed by atoms with Gasteiger partial charge in [-0.15, -0.1) is 0 Å². The van der Waals surface area contributed by atoms with Crippen molar-refractivity contribution in [2.45, 2.75) is 45.7 Å². The van der Waals surface area contributed by atoms with E-state index in [2.05, 4.69) is 35.7 Å². The van der Waals surface area contributed by atoms with Crippen LogP contribution in [0.25, 0.3) is 0 Å². The van der Waals surface area contributed by atoms with Gasteiger partial charge in [0.25, 0.3) is 0 Å². The van der Waals surface area contributed by atoms with Crippen LogP contribution in [0.4, 0.5) is 0 Å². The SMILES string of the molecule is C=C(C(N)=NC=N[C@H](C)CNC(C)C)C1CC1. The molecule has 1 aliphatic carbocycles. The summed E-state index contributed by atoms with van der Waals surface area (Å²) in [6, 6.07) is 0.694. The summed E-state index contributed by atoms with van der Waals surface area (Å²) in [6.07, 6.45) is 3.94. The Hall–Kier alpha value is -1.16. The molecule has 0 aliphatic heterocycles. The van der Waals surface area contributed by atoms with Crippen molar-refractivity contribution < 1.29 is 0 Å². The molecule has 0 heterocycles. The zero-order valence-corrected chi connectivity index (χ0v) is 11.1. The van der Waals surface area contributed by atoms with E-state index in [1.165, 1.54) is 12.8 Å². The van der Waals surface area contributed by atoms with Crippen molar-refractivity contribution in [1.82, 2.24) is 5.32 Å². The van der Waals surface area contributed by atoms with Gasteiger partial charge in [0.15, 0.2) is 0 Å². The zero-order chi connectivity index (χ0) is 12.8. The Morgan fingerprint density at radius 2 is 2.12 bits per heavy atom. The Labute approximate surface area is 104 Å². The third-order valence-electron chi connectivity index (χ3n) is 2.74. The zero-order valence-electron chi connectivity index (χ0n) is 11.1. The van der Waals surface area contributed by atoms with Gasteiger partial charge in [-0.25, -0.2) is 4.99 Å². The molecule has 1 rings (SSSR count). The molecule has 0 radical (unpaired) electrons. The molecule has 0 unspecified atom stereocenters. The van der Waals surface area contributed by atoms with Crippen LogP contribution in [0.5, 0.6) is 0 Å². The van der Waals surface area contributed by atoms with E-state index in [0.717, 1.165) is 12.1 Å². The van der Waals surface area contributed by atoms with Gasteiger partial charge < -0.3 is 11.1 Å². The molecule has 1 fully saturated rings. The number of hydrogen-bond donors (Lipinski definition) is 2. The van der Waals surface area contributed by atoms with Gasteiger partial charge in [0, 0.05) is 12.6 Å². The minimum absolute atomic E-state index is 0.211. The molecule has 1 atom stereocenters. The minimum atomic E-state index is 0.211. The molecule has 0 aromatic heterocycles. The summed E-state index contributed by atoms with van der Waals surface area (Å²) in [5.41, 5.74) is 6.77. The maximum atomic E-state index is 5.81. The number of nitrogens with two attached hydrogens (primary N) is 1. The second kappa shape index (κ2) is 6.55. The van der Waals surface area contributed by atoms with Gasteiger partial charge in [-0.1, -0.05) is 20.4 Å². The Balaban J connectivity index is 2.31. The fourth-order valence-electron chi connectivity index (χ4n) is 1.39. The predicted molar refractivity (Wildman–Crippen MR) is 74.6 cm³/mol. The lowest BCUT2D eigenvalue weighted by Gasteiger charge is -2.10. The maximum Gasteiger partial charge on any atom is 0.128 e. The summed E-state index contributed by atoms with van der Waals surface area (Å²) in [5, 5.41) is 3.32. The van der Waals surface area contributed by atoms with Gasteiger partial charge >= 0.3 is 0 Å². The summed E-state index contributed by atoms with van der Waals surface area (Å²) < 4.78 is 0. The van der Waals surface area contributed by atoms with Crippen LogP contribution in [0.1, 0.15) is 33.6 Å². The average molecular weight is 236 g/mol. The summed E-state index contributed by atoms with van der Waals surface area (Å²) in [4.78, 5) is 8.43. The first-order chi connectivity index (χ1) is 8.00. The molecule has 0 aromatic carbocycles. The monoisotopic (exact) mass is 236 g/mol. The van der Waals surface area contributed by atoms with E-state index in [4.69, 9.17) is 5.73 Å². The smallest absolute Gasteiger partial charge is 0.128 e. The molecular weight excluding hydrogens is 212 g/mol. The van der Waals surface area contributed by atoms with Gasteiger partial charge in [0.1, 0.15) is 12.2 Å². The summed E-state index contributed by atoms with van der Waals surface area (Å²) in [6.45, 7) is 11.1. The van der Waals surface area contributed by atoms with Crippen LogP contribution in [-0.2, 0) is 0 Å². The highest BCUT2D eigenvalue weighted by molar-refractivity contribution is 6.01. The van der Waals surface area contributed by atoms with E-state index >= 15 is 0 Å². The molecule has 0 amide bonds. The second-order valence-electron chi connectivity index (χ2n) is 4.99. The van der Waals surface area contributed by atoms with Gasteiger partial charge in [0.2, 0.25) is 0 Å². The molecule has 4 nitrogen and oxygen atoms in total. The highest BCUT2D eigenvalue weighted by Gasteiger charge is 2.26. The molecule has 1 saturated carbocycles. The van der Waals surface area contributed by atoms with E-state index in [0.29, 0.717) is 17.8 Å². The average Bonchev–Trinajstić information content (AvgIpc) is 3.08. The fourth-order valence-corrected chi connectivity index (χ4v) is 1.39. The van der Waals surface area contributed by atoms with Gasteiger partial charge in [-0.2, -0.15) is 0 Å². The molecule has 0 saturated heterocycles. The van der Waals surface area contributed by atoms with E-state index in [-0.39, 0.29) is 6.04 Å². The van der Waals surface area contributed by atoms with Crippen LogP contribution < -0.4 is 11.1 Å². The molecular formula is C13H24N4. The third-order valence-corrected chi connectivity index (χ3v) is 2.74. The lowest BCUT2D eigenvalue weighted by atomic mass is 10.2. The molecule has 4 heteroatoms. The number of aliphatic imine (C=N–C) groups is 2. The number of rotatable bonds is 7. The van der Waals surface area contributed by atoms with Crippen molar-refractivity contribution in [2.75, 3.05) is 6.54 Å². The van der Waals surface area contributed by atoms with Gasteiger partial charge in [-0.05, 0) is 31.3 Å². The topological polar surface area (TPSA) is 62.8 Å². The van der Waals surface area contributed by atoms with Crippen LogP contribution in [0, 0.1) is 5.92 Å². The van der Waals surface area contributed by atoms with Gasteiger partial charge in [-0.3, -0.25) is 4.99 Å². The lowest BCUT2D eigenvalue weighted by molar-refractivity contribution is 0.547. The van der Waals surface area contributed by atoms with E-state index < -0.39 is 0 Å². The van der Waals surface area contributed by atoms with Crippen molar-refractivity contribution in [3.63, 3.8) is 0 Å². The summed E-state index contributed by atoms with van der Waals surface area (Å²) in [7, 11) is 0. The molecule has 0 bridgehead atoms. The summed E-state index contributed by atoms with van der Waals surface area (Å²) >= 11 is 0. The normalized spacial score (nSPS) is 18.9. The van der Waals surface area contributed by atoms with Crippen molar-refractivity contribution in [3.05, 3.63) is 12.2 Å². The Kier molecular flexibility index (Phi) is 5.35. The quantitative estimate of drug-likeness (QED) is 0.522. The van der Waals surface area contributed by atoms with Crippen LogP contribution >= 0.6 is 0 Å². The highest BCUT2D eigenvalue weighted by atomic mass is 15.0. The number of nitrogens with zero attached hydrogens (tertiary/aromatic N) is 2. The highest BCUT2D eigenvalue weighted by Crippen LogP contribution is 2.35. The van der Waals surface area contributed by atoms with Crippen LogP contribution in [0.3, 0.4) is 0 Å². The Morgan fingerprint density at radius 3 is 2.65 bits per heavy atom. The Morgan fingerprint density at radius 1 is 1.47 bits per heavy atom. The van der Waals surface area contributed by atoms with E-state index in [9.17, 15) is 0 Å². The molecule has 96 valence electrons. The number of amidine groups is 1.